The maximum Gasteiger partial charge on any atom is 0.244 e. The Morgan fingerprint density at radius 2 is 2.19 bits per heavy atom. The molecule has 1 heterocycles. The zero-order valence-corrected chi connectivity index (χ0v) is 14.2. The summed E-state index contributed by atoms with van der Waals surface area (Å²) in [5.41, 5.74) is 0. The van der Waals surface area contributed by atoms with E-state index in [0.717, 1.165) is 19.4 Å². The predicted octanol–water partition coefficient (Wildman–Crippen LogP) is 2.83. The lowest BCUT2D eigenvalue weighted by Crippen LogP contribution is -2.29. The minimum atomic E-state index is -3.52. The van der Waals surface area contributed by atoms with Gasteiger partial charge in [0.25, 0.3) is 0 Å². The monoisotopic (exact) mass is 331 g/mol. The van der Waals surface area contributed by atoms with E-state index in [-0.39, 0.29) is 4.90 Å². The van der Waals surface area contributed by atoms with Crippen molar-refractivity contribution in [2.24, 2.45) is 11.8 Å². The molecular weight excluding hydrogens is 310 g/mol. The molecule has 1 aliphatic rings. The molecule has 1 aliphatic carbocycles. The van der Waals surface area contributed by atoms with Crippen LogP contribution in [0.15, 0.2) is 17.2 Å². The molecule has 21 heavy (non-hydrogen) atoms. The largest absolute Gasteiger partial charge is 0.369 e. The first-order chi connectivity index (χ1) is 9.86. The van der Waals surface area contributed by atoms with Gasteiger partial charge in [0.1, 0.15) is 10.7 Å². The molecule has 0 saturated heterocycles. The van der Waals surface area contributed by atoms with Crippen LogP contribution < -0.4 is 5.32 Å². The summed E-state index contributed by atoms with van der Waals surface area (Å²) in [5, 5.41) is 3.40. The number of halogens is 1. The predicted molar refractivity (Wildman–Crippen MR) is 85.1 cm³/mol. The van der Waals surface area contributed by atoms with E-state index in [0.29, 0.717) is 29.2 Å². The van der Waals surface area contributed by atoms with E-state index in [1.165, 1.54) is 16.6 Å². The number of rotatable bonds is 7. The number of pyridine rings is 1. The van der Waals surface area contributed by atoms with Crippen LogP contribution in [0.2, 0.25) is 5.02 Å². The summed E-state index contributed by atoms with van der Waals surface area (Å²) in [6, 6.07) is 1.47. The third-order valence-corrected chi connectivity index (χ3v) is 5.91. The minimum Gasteiger partial charge on any atom is -0.369 e. The van der Waals surface area contributed by atoms with Crippen LogP contribution in [0, 0.1) is 11.8 Å². The highest BCUT2D eigenvalue weighted by molar-refractivity contribution is 7.89. The SMILES string of the molecule is CCCNc1ncc(S(=O)(=O)N(C)CC2CC2C)cc1Cl. The third kappa shape index (κ3) is 3.87. The Morgan fingerprint density at radius 1 is 1.52 bits per heavy atom. The highest BCUT2D eigenvalue weighted by Gasteiger charge is 2.36. The van der Waals surface area contributed by atoms with Gasteiger partial charge >= 0.3 is 0 Å². The van der Waals surface area contributed by atoms with Crippen molar-refractivity contribution in [1.82, 2.24) is 9.29 Å². The second-order valence-electron chi connectivity index (χ2n) is 5.69. The van der Waals surface area contributed by atoms with Gasteiger partial charge in [-0.3, -0.25) is 0 Å². The average molecular weight is 332 g/mol. The average Bonchev–Trinajstić information content (AvgIpc) is 3.12. The molecule has 0 bridgehead atoms. The highest BCUT2D eigenvalue weighted by atomic mass is 35.5. The van der Waals surface area contributed by atoms with Crippen molar-refractivity contribution in [3.8, 4) is 0 Å². The molecule has 2 atom stereocenters. The lowest BCUT2D eigenvalue weighted by atomic mass is 10.3. The van der Waals surface area contributed by atoms with Gasteiger partial charge in [-0.2, -0.15) is 0 Å². The number of nitrogens with zero attached hydrogens (tertiary/aromatic N) is 2. The number of sulfonamides is 1. The molecule has 5 nitrogen and oxygen atoms in total. The van der Waals surface area contributed by atoms with Crippen LogP contribution in [0.3, 0.4) is 0 Å². The summed E-state index contributed by atoms with van der Waals surface area (Å²) in [5.74, 6) is 1.61. The van der Waals surface area contributed by atoms with Crippen molar-refractivity contribution >= 4 is 27.4 Å². The highest BCUT2D eigenvalue weighted by Crippen LogP contribution is 2.38. The van der Waals surface area contributed by atoms with Gasteiger partial charge in [0.2, 0.25) is 10.0 Å². The number of hydrogen-bond acceptors (Lipinski definition) is 4. The Balaban J connectivity index is 2.14. The van der Waals surface area contributed by atoms with E-state index in [9.17, 15) is 8.42 Å². The molecule has 1 aromatic heterocycles. The molecule has 0 amide bonds. The van der Waals surface area contributed by atoms with Crippen molar-refractivity contribution in [1.29, 1.82) is 0 Å². The summed E-state index contributed by atoms with van der Waals surface area (Å²) >= 11 is 6.11. The van der Waals surface area contributed by atoms with Gasteiger partial charge in [0.05, 0.1) is 5.02 Å². The van der Waals surface area contributed by atoms with Crippen molar-refractivity contribution in [2.45, 2.75) is 31.6 Å². The van der Waals surface area contributed by atoms with Crippen LogP contribution in [-0.4, -0.2) is 37.8 Å². The standard InChI is InChI=1S/C14H22ClN3O2S/c1-4-5-16-14-13(15)7-12(8-17-14)21(19,20)18(3)9-11-6-10(11)2/h7-8,10-11H,4-6,9H2,1-3H3,(H,16,17). The fraction of sp³-hybridized carbons (Fsp3) is 0.643. The Kier molecular flexibility index (Phi) is 5.11. The van der Waals surface area contributed by atoms with Crippen LogP contribution in [0.5, 0.6) is 0 Å². The summed E-state index contributed by atoms with van der Waals surface area (Å²) in [7, 11) is -1.91. The van der Waals surface area contributed by atoms with Crippen molar-refractivity contribution in [3.63, 3.8) is 0 Å². The second-order valence-corrected chi connectivity index (χ2v) is 8.14. The molecule has 0 spiro atoms. The fourth-order valence-corrected chi connectivity index (χ4v) is 3.69. The Hall–Kier alpha value is -0.850. The molecular formula is C14H22ClN3O2S. The van der Waals surface area contributed by atoms with E-state index >= 15 is 0 Å². The zero-order valence-electron chi connectivity index (χ0n) is 12.6. The van der Waals surface area contributed by atoms with Crippen molar-refractivity contribution in [3.05, 3.63) is 17.3 Å². The molecule has 7 heteroatoms. The lowest BCUT2D eigenvalue weighted by Gasteiger charge is -2.17. The molecule has 2 rings (SSSR count). The number of hydrogen-bond donors (Lipinski definition) is 1. The maximum absolute atomic E-state index is 12.5. The summed E-state index contributed by atoms with van der Waals surface area (Å²) in [6.45, 7) is 5.47. The van der Waals surface area contributed by atoms with Gasteiger partial charge < -0.3 is 5.32 Å². The van der Waals surface area contributed by atoms with Crippen LogP contribution >= 0.6 is 11.6 Å². The molecule has 2 unspecified atom stereocenters. The quantitative estimate of drug-likeness (QED) is 0.834. The first kappa shape index (κ1) is 16.5. The van der Waals surface area contributed by atoms with Gasteiger partial charge in [0.15, 0.2) is 0 Å². The number of nitrogens with one attached hydrogen (secondary N) is 1. The van der Waals surface area contributed by atoms with Crippen LogP contribution in [0.4, 0.5) is 5.82 Å². The fourth-order valence-electron chi connectivity index (χ4n) is 2.20. The number of anilines is 1. The zero-order chi connectivity index (χ0) is 15.6. The van der Waals surface area contributed by atoms with Gasteiger partial charge in [-0.25, -0.2) is 17.7 Å². The summed E-state index contributed by atoms with van der Waals surface area (Å²) in [6.07, 6.45) is 3.41. The first-order valence-corrected chi connectivity index (χ1v) is 9.03. The van der Waals surface area contributed by atoms with E-state index in [1.54, 1.807) is 7.05 Å². The Bertz CT molecular complexity index is 606. The summed E-state index contributed by atoms with van der Waals surface area (Å²) in [4.78, 5) is 4.27. The molecule has 0 radical (unpaired) electrons. The van der Waals surface area contributed by atoms with Gasteiger partial charge in [-0.15, -0.1) is 0 Å². The van der Waals surface area contributed by atoms with Gasteiger partial charge in [0, 0.05) is 26.3 Å². The molecule has 0 aliphatic heterocycles. The van der Waals surface area contributed by atoms with Crippen LogP contribution in [0.25, 0.3) is 0 Å². The molecule has 118 valence electrons. The van der Waals surface area contributed by atoms with Crippen LogP contribution in [-0.2, 0) is 10.0 Å². The molecule has 1 fully saturated rings. The lowest BCUT2D eigenvalue weighted by molar-refractivity contribution is 0.444. The van der Waals surface area contributed by atoms with Crippen LogP contribution in [0.1, 0.15) is 26.7 Å². The summed E-state index contributed by atoms with van der Waals surface area (Å²) < 4.78 is 26.4. The molecule has 0 aromatic carbocycles. The molecule has 1 aromatic rings. The van der Waals surface area contributed by atoms with E-state index in [4.69, 9.17) is 11.6 Å². The third-order valence-electron chi connectivity index (χ3n) is 3.83. The van der Waals surface area contributed by atoms with E-state index in [1.807, 2.05) is 6.92 Å². The maximum atomic E-state index is 12.5. The van der Waals surface area contributed by atoms with Gasteiger partial charge in [-0.05, 0) is 30.7 Å². The van der Waals surface area contributed by atoms with Gasteiger partial charge in [-0.1, -0.05) is 25.4 Å². The van der Waals surface area contributed by atoms with E-state index in [2.05, 4.69) is 17.2 Å². The minimum absolute atomic E-state index is 0.144. The Labute approximate surface area is 131 Å². The smallest absolute Gasteiger partial charge is 0.244 e. The Morgan fingerprint density at radius 3 is 2.71 bits per heavy atom. The topological polar surface area (TPSA) is 62.3 Å². The van der Waals surface area contributed by atoms with Crippen molar-refractivity contribution in [2.75, 3.05) is 25.5 Å². The molecule has 1 N–H and O–H groups in total. The normalized spacial score (nSPS) is 21.6. The second kappa shape index (κ2) is 6.50. The number of aromatic nitrogens is 1. The van der Waals surface area contributed by atoms with E-state index < -0.39 is 10.0 Å². The molecule has 1 saturated carbocycles. The first-order valence-electron chi connectivity index (χ1n) is 7.22. The van der Waals surface area contributed by atoms with Crippen molar-refractivity contribution < 1.29 is 8.42 Å².